The molecule has 1 aliphatic rings. The molecule has 0 aromatic heterocycles. The molecule has 1 aromatic rings. The molecule has 2 rings (SSSR count). The highest BCUT2D eigenvalue weighted by Crippen LogP contribution is 2.24. The van der Waals surface area contributed by atoms with E-state index >= 15 is 0 Å². The van der Waals surface area contributed by atoms with Crippen molar-refractivity contribution in [1.29, 1.82) is 0 Å². The van der Waals surface area contributed by atoms with E-state index in [2.05, 4.69) is 4.90 Å². The molecule has 138 valence electrons. The molecule has 5 nitrogen and oxygen atoms in total. The second-order valence-electron chi connectivity index (χ2n) is 8.58. The van der Waals surface area contributed by atoms with Crippen molar-refractivity contribution in [1.82, 2.24) is 4.90 Å². The predicted octanol–water partition coefficient (Wildman–Crippen LogP) is 3.97. The van der Waals surface area contributed by atoms with Gasteiger partial charge in [0.15, 0.2) is 5.78 Å². The van der Waals surface area contributed by atoms with Gasteiger partial charge in [0.05, 0.1) is 0 Å². The van der Waals surface area contributed by atoms with Crippen molar-refractivity contribution in [3.05, 3.63) is 29.8 Å². The number of piperazine rings is 1. The SMILES string of the molecule is CC(C)(C)OC(=O)N1CCN(c2ccc(C(=O)C(C)(C)C)cc2)CC1. The molecule has 0 bridgehead atoms. The third kappa shape index (κ3) is 5.21. The van der Waals surface area contributed by atoms with Crippen molar-refractivity contribution in [2.45, 2.75) is 47.1 Å². The number of rotatable bonds is 2. The Morgan fingerprint density at radius 2 is 1.40 bits per heavy atom. The van der Waals surface area contributed by atoms with E-state index in [0.717, 1.165) is 24.3 Å². The first-order valence-corrected chi connectivity index (χ1v) is 8.85. The molecule has 0 unspecified atom stereocenters. The van der Waals surface area contributed by atoms with E-state index in [4.69, 9.17) is 4.74 Å². The lowest BCUT2D eigenvalue weighted by Crippen LogP contribution is -2.50. The van der Waals surface area contributed by atoms with Crippen LogP contribution >= 0.6 is 0 Å². The monoisotopic (exact) mass is 346 g/mol. The Hall–Kier alpha value is -2.04. The Morgan fingerprint density at radius 1 is 0.880 bits per heavy atom. The molecular formula is C20H30N2O3. The van der Waals surface area contributed by atoms with Gasteiger partial charge in [-0.25, -0.2) is 4.79 Å². The Labute approximate surface area is 150 Å². The number of hydrogen-bond donors (Lipinski definition) is 0. The molecular weight excluding hydrogens is 316 g/mol. The van der Waals surface area contributed by atoms with Crippen LogP contribution in [0.5, 0.6) is 0 Å². The van der Waals surface area contributed by atoms with E-state index in [1.807, 2.05) is 65.8 Å². The maximum atomic E-state index is 12.3. The molecule has 1 saturated heterocycles. The average Bonchev–Trinajstić information content (AvgIpc) is 2.52. The van der Waals surface area contributed by atoms with Crippen molar-refractivity contribution < 1.29 is 14.3 Å². The zero-order chi connectivity index (χ0) is 18.8. The Kier molecular flexibility index (Phi) is 5.45. The first kappa shape index (κ1) is 19.3. The van der Waals surface area contributed by atoms with Crippen molar-refractivity contribution >= 4 is 17.6 Å². The number of benzene rings is 1. The first-order valence-electron chi connectivity index (χ1n) is 8.85. The second-order valence-corrected chi connectivity index (χ2v) is 8.58. The van der Waals surface area contributed by atoms with Crippen LogP contribution in [0.2, 0.25) is 0 Å². The molecule has 1 amide bonds. The predicted molar refractivity (Wildman–Crippen MR) is 100 cm³/mol. The van der Waals surface area contributed by atoms with E-state index in [1.54, 1.807) is 4.90 Å². The molecule has 5 heteroatoms. The van der Waals surface area contributed by atoms with Gasteiger partial charge < -0.3 is 14.5 Å². The van der Waals surface area contributed by atoms with Gasteiger partial charge in [-0.2, -0.15) is 0 Å². The lowest BCUT2D eigenvalue weighted by Gasteiger charge is -2.36. The summed E-state index contributed by atoms with van der Waals surface area (Å²) < 4.78 is 5.42. The van der Waals surface area contributed by atoms with Crippen molar-refractivity contribution in [3.8, 4) is 0 Å². The number of anilines is 1. The van der Waals surface area contributed by atoms with E-state index in [0.29, 0.717) is 13.1 Å². The normalized spacial score (nSPS) is 15.9. The van der Waals surface area contributed by atoms with Gasteiger partial charge in [0.1, 0.15) is 5.60 Å². The molecule has 1 aliphatic heterocycles. The minimum absolute atomic E-state index is 0.147. The fourth-order valence-electron chi connectivity index (χ4n) is 2.73. The van der Waals surface area contributed by atoms with E-state index in [9.17, 15) is 9.59 Å². The summed E-state index contributed by atoms with van der Waals surface area (Å²) in [6, 6.07) is 7.76. The molecule has 0 spiro atoms. The highest BCUT2D eigenvalue weighted by Gasteiger charge is 2.26. The Balaban J connectivity index is 1.95. The number of carbonyl (C=O) groups excluding carboxylic acids is 2. The highest BCUT2D eigenvalue weighted by molar-refractivity contribution is 6.00. The van der Waals surface area contributed by atoms with Gasteiger partial charge in [0.2, 0.25) is 0 Å². The standard InChI is InChI=1S/C20H30N2O3/c1-19(2,3)17(23)15-7-9-16(10-8-15)21-11-13-22(14-12-21)18(24)25-20(4,5)6/h7-10H,11-14H2,1-6H3. The number of Topliss-reactive ketones (excluding diaryl/α,β-unsaturated/α-hetero) is 1. The zero-order valence-corrected chi connectivity index (χ0v) is 16.3. The van der Waals surface area contributed by atoms with E-state index in [1.165, 1.54) is 0 Å². The number of hydrogen-bond acceptors (Lipinski definition) is 4. The number of carbonyl (C=O) groups is 2. The molecule has 0 saturated carbocycles. The summed E-state index contributed by atoms with van der Waals surface area (Å²) in [4.78, 5) is 28.4. The smallest absolute Gasteiger partial charge is 0.410 e. The van der Waals surface area contributed by atoms with Crippen LogP contribution in [0.15, 0.2) is 24.3 Å². The van der Waals surface area contributed by atoms with Crippen molar-refractivity contribution in [3.63, 3.8) is 0 Å². The van der Waals surface area contributed by atoms with Crippen LogP contribution < -0.4 is 4.90 Å². The molecule has 1 aromatic carbocycles. The lowest BCUT2D eigenvalue weighted by atomic mass is 9.86. The number of ketones is 1. The molecule has 0 radical (unpaired) electrons. The third-order valence-corrected chi connectivity index (χ3v) is 4.11. The van der Waals surface area contributed by atoms with Gasteiger partial charge in [0.25, 0.3) is 0 Å². The van der Waals surface area contributed by atoms with Gasteiger partial charge in [-0.05, 0) is 45.0 Å². The van der Waals surface area contributed by atoms with Crippen LogP contribution in [0, 0.1) is 5.41 Å². The largest absolute Gasteiger partial charge is 0.444 e. The lowest BCUT2D eigenvalue weighted by molar-refractivity contribution is 0.0240. The molecule has 1 fully saturated rings. The minimum Gasteiger partial charge on any atom is -0.444 e. The summed E-state index contributed by atoms with van der Waals surface area (Å²) in [5.41, 5.74) is 0.974. The maximum absolute atomic E-state index is 12.3. The van der Waals surface area contributed by atoms with Crippen LogP contribution in [0.1, 0.15) is 51.9 Å². The van der Waals surface area contributed by atoms with Gasteiger partial charge in [-0.15, -0.1) is 0 Å². The molecule has 1 heterocycles. The molecule has 25 heavy (non-hydrogen) atoms. The van der Waals surface area contributed by atoms with Gasteiger partial charge in [-0.1, -0.05) is 20.8 Å². The van der Waals surface area contributed by atoms with Gasteiger partial charge >= 0.3 is 6.09 Å². The Bertz CT molecular complexity index is 616. The minimum atomic E-state index is -0.469. The topological polar surface area (TPSA) is 49.9 Å². The number of amides is 1. The Morgan fingerprint density at radius 3 is 1.84 bits per heavy atom. The first-order chi connectivity index (χ1) is 11.5. The summed E-state index contributed by atoms with van der Waals surface area (Å²) in [5.74, 6) is 0.147. The van der Waals surface area contributed by atoms with Crippen LogP contribution in [0.25, 0.3) is 0 Å². The summed E-state index contributed by atoms with van der Waals surface area (Å²) >= 11 is 0. The summed E-state index contributed by atoms with van der Waals surface area (Å²) in [7, 11) is 0. The molecule has 0 atom stereocenters. The fraction of sp³-hybridized carbons (Fsp3) is 0.600. The van der Waals surface area contributed by atoms with E-state index in [-0.39, 0.29) is 17.3 Å². The van der Waals surface area contributed by atoms with Crippen molar-refractivity contribution in [2.75, 3.05) is 31.1 Å². The van der Waals surface area contributed by atoms with Crippen molar-refractivity contribution in [2.24, 2.45) is 5.41 Å². The third-order valence-electron chi connectivity index (χ3n) is 4.11. The zero-order valence-electron chi connectivity index (χ0n) is 16.3. The molecule has 0 N–H and O–H groups in total. The number of ether oxygens (including phenoxy) is 1. The van der Waals surface area contributed by atoms with E-state index < -0.39 is 5.60 Å². The maximum Gasteiger partial charge on any atom is 0.410 e. The van der Waals surface area contributed by atoms with Crippen LogP contribution in [-0.4, -0.2) is 48.6 Å². The van der Waals surface area contributed by atoms with Crippen LogP contribution in [-0.2, 0) is 4.74 Å². The van der Waals surface area contributed by atoms with Crippen LogP contribution in [0.3, 0.4) is 0 Å². The van der Waals surface area contributed by atoms with Crippen LogP contribution in [0.4, 0.5) is 10.5 Å². The quantitative estimate of drug-likeness (QED) is 0.760. The fourth-order valence-corrected chi connectivity index (χ4v) is 2.73. The second kappa shape index (κ2) is 7.06. The summed E-state index contributed by atoms with van der Waals surface area (Å²) in [6.45, 7) is 14.2. The number of nitrogens with zero attached hydrogens (tertiary/aromatic N) is 2. The molecule has 0 aliphatic carbocycles. The summed E-state index contributed by atoms with van der Waals surface area (Å²) in [5, 5.41) is 0. The van der Waals surface area contributed by atoms with Gasteiger partial charge in [0, 0.05) is 42.8 Å². The summed E-state index contributed by atoms with van der Waals surface area (Å²) in [6.07, 6.45) is -0.252. The average molecular weight is 346 g/mol. The van der Waals surface area contributed by atoms with Gasteiger partial charge in [-0.3, -0.25) is 4.79 Å². The highest BCUT2D eigenvalue weighted by atomic mass is 16.6.